The van der Waals surface area contributed by atoms with E-state index in [1.807, 2.05) is 30.3 Å². The van der Waals surface area contributed by atoms with Crippen LogP contribution in [0.3, 0.4) is 0 Å². The highest BCUT2D eigenvalue weighted by Crippen LogP contribution is 2.07. The number of esters is 1. The van der Waals surface area contributed by atoms with E-state index in [1.165, 1.54) is 0 Å². The Morgan fingerprint density at radius 3 is 2.12 bits per heavy atom. The Bertz CT molecular complexity index is 704. The molecule has 0 saturated heterocycles. The maximum Gasteiger partial charge on any atom is 0.407 e. The number of nitrogens with one attached hydrogen (secondary N) is 2. The van der Waals surface area contributed by atoms with Crippen molar-refractivity contribution < 1.29 is 23.9 Å². The van der Waals surface area contributed by atoms with Crippen LogP contribution in [-0.4, -0.2) is 31.1 Å². The zero-order valence-electron chi connectivity index (χ0n) is 13.4. The molecule has 2 aromatic rings. The molecule has 0 aliphatic rings. The fraction of sp³-hybridized carbons (Fsp3) is 0.167. The van der Waals surface area contributed by atoms with Crippen molar-refractivity contribution >= 4 is 18.0 Å². The third-order valence-electron chi connectivity index (χ3n) is 3.01. The lowest BCUT2D eigenvalue weighted by Crippen LogP contribution is -2.40. The van der Waals surface area contributed by atoms with Gasteiger partial charge in [-0.15, -0.1) is 0 Å². The molecule has 2 aromatic carbocycles. The number of carbonyl (C=O) groups is 3. The number of carbonyl (C=O) groups excluding carboxylic acids is 3. The van der Waals surface area contributed by atoms with Crippen LogP contribution in [0.25, 0.3) is 0 Å². The summed E-state index contributed by atoms with van der Waals surface area (Å²) < 4.78 is 9.97. The first-order valence-electron chi connectivity index (χ1n) is 7.60. The summed E-state index contributed by atoms with van der Waals surface area (Å²) >= 11 is 0. The van der Waals surface area contributed by atoms with Crippen LogP contribution >= 0.6 is 0 Å². The molecular weight excluding hydrogens is 324 g/mol. The molecule has 7 nitrogen and oxygen atoms in total. The van der Waals surface area contributed by atoms with E-state index in [9.17, 15) is 14.4 Å². The largest absolute Gasteiger partial charge is 0.445 e. The molecule has 2 amide bonds. The van der Waals surface area contributed by atoms with E-state index in [1.54, 1.807) is 30.3 Å². The van der Waals surface area contributed by atoms with Crippen molar-refractivity contribution in [3.63, 3.8) is 0 Å². The molecule has 0 bridgehead atoms. The fourth-order valence-electron chi connectivity index (χ4n) is 1.82. The number of benzene rings is 2. The Hall–Kier alpha value is -3.35. The number of alkyl carbamates (subject to hydrolysis) is 1. The van der Waals surface area contributed by atoms with Crippen molar-refractivity contribution in [2.24, 2.45) is 0 Å². The Labute approximate surface area is 144 Å². The van der Waals surface area contributed by atoms with E-state index in [2.05, 4.69) is 10.6 Å². The first kappa shape index (κ1) is 18.0. The minimum absolute atomic E-state index is 0.109. The normalized spacial score (nSPS) is 9.76. The molecule has 0 heterocycles. The van der Waals surface area contributed by atoms with Crippen molar-refractivity contribution in [1.29, 1.82) is 0 Å². The van der Waals surface area contributed by atoms with Gasteiger partial charge >= 0.3 is 12.1 Å². The van der Waals surface area contributed by atoms with Gasteiger partial charge in [-0.25, -0.2) is 9.59 Å². The van der Waals surface area contributed by atoms with Gasteiger partial charge < -0.3 is 20.1 Å². The highest BCUT2D eigenvalue weighted by molar-refractivity contribution is 5.85. The zero-order valence-corrected chi connectivity index (χ0v) is 13.4. The highest BCUT2D eigenvalue weighted by atomic mass is 16.5. The van der Waals surface area contributed by atoms with Gasteiger partial charge in [-0.2, -0.15) is 0 Å². The summed E-state index contributed by atoms with van der Waals surface area (Å²) in [5, 5.41) is 4.65. The van der Waals surface area contributed by atoms with Crippen LogP contribution in [0.2, 0.25) is 0 Å². The smallest absolute Gasteiger partial charge is 0.407 e. The third kappa shape index (κ3) is 7.17. The summed E-state index contributed by atoms with van der Waals surface area (Å²) in [7, 11) is 0. The molecule has 0 saturated carbocycles. The standard InChI is InChI=1S/C18H18N2O5/c21-16(19-12-17(22)25-15-9-5-2-6-10-15)11-20-18(23)24-13-14-7-3-1-4-8-14/h1-10H,11-13H2,(H,19,21)(H,20,23). The minimum atomic E-state index is -0.717. The molecule has 0 fully saturated rings. The maximum absolute atomic E-state index is 11.6. The van der Waals surface area contributed by atoms with Gasteiger partial charge in [-0.05, 0) is 17.7 Å². The lowest BCUT2D eigenvalue weighted by atomic mass is 10.2. The molecule has 7 heteroatoms. The average Bonchev–Trinajstić information content (AvgIpc) is 2.64. The molecule has 0 atom stereocenters. The van der Waals surface area contributed by atoms with Crippen LogP contribution in [0.1, 0.15) is 5.56 Å². The Kier molecular flexibility index (Phi) is 6.99. The lowest BCUT2D eigenvalue weighted by molar-refractivity contribution is -0.135. The van der Waals surface area contributed by atoms with Crippen LogP contribution in [0, 0.1) is 0 Å². The number of hydrogen-bond acceptors (Lipinski definition) is 5. The number of hydrogen-bond donors (Lipinski definition) is 2. The number of ether oxygens (including phenoxy) is 2. The second-order valence-electron chi connectivity index (χ2n) is 4.98. The first-order valence-corrected chi connectivity index (χ1v) is 7.60. The molecule has 0 aliphatic carbocycles. The minimum Gasteiger partial charge on any atom is -0.445 e. The van der Waals surface area contributed by atoms with E-state index in [0.29, 0.717) is 5.75 Å². The van der Waals surface area contributed by atoms with Crippen LogP contribution in [0.4, 0.5) is 4.79 Å². The predicted molar refractivity (Wildman–Crippen MR) is 89.7 cm³/mol. The van der Waals surface area contributed by atoms with Crippen molar-refractivity contribution in [3.8, 4) is 5.75 Å². The van der Waals surface area contributed by atoms with Gasteiger partial charge in [0.05, 0.1) is 0 Å². The first-order chi connectivity index (χ1) is 12.1. The van der Waals surface area contributed by atoms with Gasteiger partial charge in [0, 0.05) is 0 Å². The van der Waals surface area contributed by atoms with Crippen LogP contribution in [0.15, 0.2) is 60.7 Å². The van der Waals surface area contributed by atoms with E-state index in [4.69, 9.17) is 9.47 Å². The Morgan fingerprint density at radius 1 is 0.800 bits per heavy atom. The number of para-hydroxylation sites is 1. The van der Waals surface area contributed by atoms with Crippen molar-refractivity contribution in [2.45, 2.75) is 6.61 Å². The zero-order chi connectivity index (χ0) is 17.9. The average molecular weight is 342 g/mol. The third-order valence-corrected chi connectivity index (χ3v) is 3.01. The second-order valence-corrected chi connectivity index (χ2v) is 4.98. The van der Waals surface area contributed by atoms with Crippen molar-refractivity contribution in [2.75, 3.05) is 13.1 Å². The van der Waals surface area contributed by atoms with E-state index in [0.717, 1.165) is 5.56 Å². The van der Waals surface area contributed by atoms with Gasteiger partial charge in [0.25, 0.3) is 0 Å². The van der Waals surface area contributed by atoms with Gasteiger partial charge in [-0.3, -0.25) is 4.79 Å². The molecular formula is C18H18N2O5. The summed E-state index contributed by atoms with van der Waals surface area (Å²) in [6.45, 7) is -0.488. The molecule has 0 spiro atoms. The molecule has 130 valence electrons. The summed E-state index contributed by atoms with van der Waals surface area (Å²) in [6.07, 6.45) is -0.717. The Balaban J connectivity index is 1.60. The van der Waals surface area contributed by atoms with Crippen molar-refractivity contribution in [3.05, 3.63) is 66.2 Å². The summed E-state index contributed by atoms with van der Waals surface area (Å²) in [4.78, 5) is 34.7. The predicted octanol–water partition coefficient (Wildman–Crippen LogP) is 1.63. The number of amides is 2. The quantitative estimate of drug-likeness (QED) is 0.589. The van der Waals surface area contributed by atoms with Gasteiger partial charge in [0.2, 0.25) is 5.91 Å². The molecule has 0 radical (unpaired) electrons. The lowest BCUT2D eigenvalue weighted by Gasteiger charge is -2.08. The second kappa shape index (κ2) is 9.71. The topological polar surface area (TPSA) is 93.7 Å². The van der Waals surface area contributed by atoms with E-state index in [-0.39, 0.29) is 19.7 Å². The maximum atomic E-state index is 11.6. The molecule has 0 aromatic heterocycles. The van der Waals surface area contributed by atoms with E-state index < -0.39 is 18.0 Å². The van der Waals surface area contributed by atoms with Gasteiger partial charge in [0.1, 0.15) is 25.4 Å². The van der Waals surface area contributed by atoms with Crippen LogP contribution in [-0.2, 0) is 20.9 Å². The van der Waals surface area contributed by atoms with Gasteiger partial charge in [-0.1, -0.05) is 48.5 Å². The number of rotatable bonds is 7. The molecule has 25 heavy (non-hydrogen) atoms. The summed E-state index contributed by atoms with van der Waals surface area (Å²) in [5.41, 5.74) is 0.839. The van der Waals surface area contributed by atoms with Gasteiger partial charge in [0.15, 0.2) is 0 Å². The summed E-state index contributed by atoms with van der Waals surface area (Å²) in [5.74, 6) is -0.739. The van der Waals surface area contributed by atoms with Crippen LogP contribution < -0.4 is 15.4 Å². The Morgan fingerprint density at radius 2 is 1.44 bits per heavy atom. The van der Waals surface area contributed by atoms with Crippen molar-refractivity contribution in [1.82, 2.24) is 10.6 Å². The molecule has 0 aliphatic heterocycles. The van der Waals surface area contributed by atoms with E-state index >= 15 is 0 Å². The monoisotopic (exact) mass is 342 g/mol. The molecule has 2 rings (SSSR count). The fourth-order valence-corrected chi connectivity index (χ4v) is 1.82. The SMILES string of the molecule is O=C(CNC(=O)OCc1ccccc1)NCC(=O)Oc1ccccc1. The molecule has 2 N–H and O–H groups in total. The summed E-state index contributed by atoms with van der Waals surface area (Å²) in [6, 6.07) is 17.7. The highest BCUT2D eigenvalue weighted by Gasteiger charge is 2.09. The molecule has 0 unspecified atom stereocenters. The van der Waals surface area contributed by atoms with Crippen LogP contribution in [0.5, 0.6) is 5.75 Å².